The van der Waals surface area contributed by atoms with E-state index in [4.69, 9.17) is 22.1 Å². The van der Waals surface area contributed by atoms with Crippen LogP contribution in [0, 0.1) is 6.92 Å². The van der Waals surface area contributed by atoms with Crippen molar-refractivity contribution >= 4 is 11.6 Å². The largest absolute Gasteiger partial charge is 0.374 e. The van der Waals surface area contributed by atoms with Crippen LogP contribution < -0.4 is 5.73 Å². The van der Waals surface area contributed by atoms with Crippen LogP contribution in [0.25, 0.3) is 0 Å². The fourth-order valence-corrected chi connectivity index (χ4v) is 2.10. The number of halogens is 1. The first-order valence-electron chi connectivity index (χ1n) is 5.87. The Balaban J connectivity index is 2.84. The lowest BCUT2D eigenvalue weighted by Gasteiger charge is -2.31. The molecular weight excluding hydrogens is 238 g/mol. The Bertz CT molecular complexity index is 387. The molecule has 1 aromatic heterocycles. The molecule has 0 fully saturated rings. The maximum atomic E-state index is 6.20. The van der Waals surface area contributed by atoms with Crippen molar-refractivity contribution in [1.29, 1.82) is 0 Å². The van der Waals surface area contributed by atoms with E-state index in [1.54, 1.807) is 4.68 Å². The van der Waals surface area contributed by atoms with Crippen molar-refractivity contribution in [1.82, 2.24) is 9.78 Å². The zero-order valence-electron chi connectivity index (χ0n) is 11.2. The van der Waals surface area contributed by atoms with Crippen molar-refractivity contribution < 1.29 is 4.74 Å². The highest BCUT2D eigenvalue weighted by molar-refractivity contribution is 6.30. The third kappa shape index (κ3) is 3.21. The maximum absolute atomic E-state index is 6.20. The molecule has 0 aliphatic carbocycles. The van der Waals surface area contributed by atoms with Crippen molar-refractivity contribution in [3.05, 3.63) is 16.4 Å². The molecule has 0 amide bonds. The Labute approximate surface area is 108 Å². The van der Waals surface area contributed by atoms with E-state index < -0.39 is 0 Å². The number of rotatable bonds is 5. The molecular formula is C12H22ClN3O. The van der Waals surface area contributed by atoms with Gasteiger partial charge in [-0.05, 0) is 34.1 Å². The summed E-state index contributed by atoms with van der Waals surface area (Å²) in [5, 5.41) is 4.94. The minimum absolute atomic E-state index is 0.108. The Morgan fingerprint density at radius 2 is 2.12 bits per heavy atom. The normalized spacial score (nSPS) is 14.1. The van der Waals surface area contributed by atoms with Gasteiger partial charge < -0.3 is 10.5 Å². The van der Waals surface area contributed by atoms with Crippen LogP contribution in [0.3, 0.4) is 0 Å². The van der Waals surface area contributed by atoms with Gasteiger partial charge in [0, 0.05) is 25.3 Å². The summed E-state index contributed by atoms with van der Waals surface area (Å²) in [6.07, 6.45) is 0.672. The quantitative estimate of drug-likeness (QED) is 0.881. The number of hydrogen-bond donors (Lipinski definition) is 1. The van der Waals surface area contributed by atoms with E-state index in [-0.39, 0.29) is 11.6 Å². The predicted octanol–water partition coefficient (Wildman–Crippen LogP) is 2.07. The predicted molar refractivity (Wildman–Crippen MR) is 70.3 cm³/mol. The zero-order chi connectivity index (χ0) is 13.2. The van der Waals surface area contributed by atoms with Crippen LogP contribution in [-0.4, -0.2) is 28.0 Å². The first-order chi connectivity index (χ1) is 7.79. The minimum Gasteiger partial charge on any atom is -0.374 e. The molecule has 1 atom stereocenters. The van der Waals surface area contributed by atoms with Crippen molar-refractivity contribution in [2.45, 2.75) is 45.8 Å². The molecule has 0 spiro atoms. The lowest BCUT2D eigenvalue weighted by Crippen LogP contribution is -2.46. The Morgan fingerprint density at radius 1 is 1.53 bits per heavy atom. The summed E-state index contributed by atoms with van der Waals surface area (Å²) in [6, 6.07) is -0.108. The van der Waals surface area contributed by atoms with Crippen LogP contribution in [0.1, 0.15) is 32.0 Å². The molecule has 5 heteroatoms. The fraction of sp³-hybridized carbons (Fsp3) is 0.750. The lowest BCUT2D eigenvalue weighted by atomic mass is 9.93. The molecule has 0 aromatic carbocycles. The van der Waals surface area contributed by atoms with Crippen LogP contribution in [0.5, 0.6) is 0 Å². The number of ether oxygens (including phenoxy) is 1. The van der Waals surface area contributed by atoms with Gasteiger partial charge in [-0.3, -0.25) is 4.68 Å². The molecule has 1 aromatic rings. The van der Waals surface area contributed by atoms with Crippen molar-refractivity contribution in [2.24, 2.45) is 12.8 Å². The van der Waals surface area contributed by atoms with E-state index in [1.807, 2.05) is 34.7 Å². The molecule has 1 rings (SSSR count). The SMILES string of the molecule is CCOC(C)(C)C(N)Cc1c(C)nn(C)c1Cl. The van der Waals surface area contributed by atoms with Gasteiger partial charge in [-0.25, -0.2) is 0 Å². The van der Waals surface area contributed by atoms with Gasteiger partial charge in [0.2, 0.25) is 0 Å². The van der Waals surface area contributed by atoms with Crippen LogP contribution in [0.15, 0.2) is 0 Å². The summed E-state index contributed by atoms with van der Waals surface area (Å²) >= 11 is 6.19. The first-order valence-corrected chi connectivity index (χ1v) is 6.25. The highest BCUT2D eigenvalue weighted by Crippen LogP contribution is 2.24. The number of aromatic nitrogens is 2. The van der Waals surface area contributed by atoms with Gasteiger partial charge in [-0.2, -0.15) is 5.10 Å². The first kappa shape index (κ1) is 14.5. The van der Waals surface area contributed by atoms with Crippen LogP contribution in [0.4, 0.5) is 0 Å². The molecule has 1 unspecified atom stereocenters. The van der Waals surface area contributed by atoms with Gasteiger partial charge in [0.15, 0.2) is 0 Å². The number of nitrogens with two attached hydrogens (primary N) is 1. The van der Waals surface area contributed by atoms with Gasteiger partial charge >= 0.3 is 0 Å². The van der Waals surface area contributed by atoms with Crippen molar-refractivity contribution in [3.63, 3.8) is 0 Å². The van der Waals surface area contributed by atoms with Gasteiger partial charge in [0.05, 0.1) is 11.3 Å². The Hall–Kier alpha value is -0.580. The third-order valence-corrected chi connectivity index (χ3v) is 3.58. The molecule has 0 saturated carbocycles. The van der Waals surface area contributed by atoms with Crippen LogP contribution in [-0.2, 0) is 18.2 Å². The van der Waals surface area contributed by atoms with E-state index >= 15 is 0 Å². The smallest absolute Gasteiger partial charge is 0.130 e. The molecule has 4 nitrogen and oxygen atoms in total. The number of hydrogen-bond acceptors (Lipinski definition) is 3. The number of nitrogens with zero attached hydrogens (tertiary/aromatic N) is 2. The Morgan fingerprint density at radius 3 is 2.53 bits per heavy atom. The summed E-state index contributed by atoms with van der Waals surface area (Å²) in [6.45, 7) is 8.57. The molecule has 2 N–H and O–H groups in total. The van der Waals surface area contributed by atoms with Crippen molar-refractivity contribution in [2.75, 3.05) is 6.61 Å². The Kier molecular flexibility index (Phi) is 4.58. The van der Waals surface area contributed by atoms with Crippen molar-refractivity contribution in [3.8, 4) is 0 Å². The fourth-order valence-electron chi connectivity index (χ4n) is 1.85. The zero-order valence-corrected chi connectivity index (χ0v) is 12.0. The molecule has 17 heavy (non-hydrogen) atoms. The molecule has 0 bridgehead atoms. The minimum atomic E-state index is -0.361. The molecule has 1 heterocycles. The van der Waals surface area contributed by atoms with Crippen LogP contribution >= 0.6 is 11.6 Å². The average Bonchev–Trinajstić information content (AvgIpc) is 2.45. The van der Waals surface area contributed by atoms with E-state index in [2.05, 4.69) is 5.10 Å². The second kappa shape index (κ2) is 5.38. The van der Waals surface area contributed by atoms with E-state index in [1.165, 1.54) is 0 Å². The summed E-state index contributed by atoms with van der Waals surface area (Å²) in [5.41, 5.74) is 7.77. The van der Waals surface area contributed by atoms with Gasteiger partial charge in [0.25, 0.3) is 0 Å². The molecule has 0 radical (unpaired) electrons. The standard InChI is InChI=1S/C12H22ClN3O/c1-6-17-12(3,4)10(14)7-9-8(2)15-16(5)11(9)13/h10H,6-7,14H2,1-5H3. The summed E-state index contributed by atoms with van der Waals surface area (Å²) in [4.78, 5) is 0. The van der Waals surface area contributed by atoms with Gasteiger partial charge in [0.1, 0.15) is 5.15 Å². The van der Waals surface area contributed by atoms with Gasteiger partial charge in [-0.15, -0.1) is 0 Å². The summed E-state index contributed by atoms with van der Waals surface area (Å²) in [7, 11) is 1.83. The molecule has 0 saturated heterocycles. The maximum Gasteiger partial charge on any atom is 0.130 e. The highest BCUT2D eigenvalue weighted by atomic mass is 35.5. The average molecular weight is 260 g/mol. The summed E-state index contributed by atoms with van der Waals surface area (Å²) in [5.74, 6) is 0. The van der Waals surface area contributed by atoms with E-state index in [0.717, 1.165) is 11.3 Å². The van der Waals surface area contributed by atoms with E-state index in [0.29, 0.717) is 18.2 Å². The molecule has 0 aliphatic heterocycles. The second-order valence-electron chi connectivity index (χ2n) is 4.83. The van der Waals surface area contributed by atoms with Gasteiger partial charge in [-0.1, -0.05) is 11.6 Å². The topological polar surface area (TPSA) is 53.1 Å². The van der Waals surface area contributed by atoms with Crippen LogP contribution in [0.2, 0.25) is 5.15 Å². The number of aryl methyl sites for hydroxylation is 2. The highest BCUT2D eigenvalue weighted by Gasteiger charge is 2.28. The third-order valence-electron chi connectivity index (χ3n) is 3.10. The second-order valence-corrected chi connectivity index (χ2v) is 5.18. The lowest BCUT2D eigenvalue weighted by molar-refractivity contribution is -0.0288. The molecule has 98 valence electrons. The monoisotopic (exact) mass is 259 g/mol. The summed E-state index contributed by atoms with van der Waals surface area (Å²) < 4.78 is 7.33. The molecule has 0 aliphatic rings. The van der Waals surface area contributed by atoms with E-state index in [9.17, 15) is 0 Å².